The summed E-state index contributed by atoms with van der Waals surface area (Å²) in [6.45, 7) is 2.12. The summed E-state index contributed by atoms with van der Waals surface area (Å²) >= 11 is 1.51. The maximum atomic E-state index is 14.1. The van der Waals surface area contributed by atoms with Crippen LogP contribution in [0.5, 0.6) is 5.75 Å². The van der Waals surface area contributed by atoms with Crippen LogP contribution in [0, 0.1) is 5.82 Å². The first-order valence-electron chi connectivity index (χ1n) is 11.3. The number of methoxy groups -OCH3 is 1. The van der Waals surface area contributed by atoms with E-state index in [1.165, 1.54) is 30.0 Å². The van der Waals surface area contributed by atoms with Gasteiger partial charge in [0.2, 0.25) is 15.9 Å². The molecule has 0 spiro atoms. The van der Waals surface area contributed by atoms with Gasteiger partial charge in [-0.3, -0.25) is 9.69 Å². The molecule has 34 heavy (non-hydrogen) atoms. The predicted molar refractivity (Wildman–Crippen MR) is 133 cm³/mol. The van der Waals surface area contributed by atoms with Crippen molar-refractivity contribution in [3.8, 4) is 5.75 Å². The molecule has 0 radical (unpaired) electrons. The Morgan fingerprint density at radius 3 is 2.50 bits per heavy atom. The summed E-state index contributed by atoms with van der Waals surface area (Å²) in [4.78, 5) is 15.0. The molecule has 0 bridgehead atoms. The molecule has 186 valence electrons. The summed E-state index contributed by atoms with van der Waals surface area (Å²) in [6.07, 6.45) is 4.33. The van der Waals surface area contributed by atoms with Gasteiger partial charge in [-0.1, -0.05) is 30.3 Å². The molecule has 3 rings (SSSR count). The molecule has 10 heteroatoms. The Morgan fingerprint density at radius 2 is 1.82 bits per heavy atom. The monoisotopic (exact) mass is 509 g/mol. The van der Waals surface area contributed by atoms with Crippen LogP contribution in [-0.2, 0) is 14.8 Å². The van der Waals surface area contributed by atoms with Crippen LogP contribution >= 0.6 is 11.8 Å². The number of halogens is 1. The highest BCUT2D eigenvalue weighted by molar-refractivity contribution is 7.98. The van der Waals surface area contributed by atoms with Gasteiger partial charge >= 0.3 is 0 Å². The molecule has 0 saturated carbocycles. The van der Waals surface area contributed by atoms with Crippen molar-refractivity contribution in [3.05, 3.63) is 59.9 Å². The lowest BCUT2D eigenvalue weighted by molar-refractivity contribution is -0.123. The fourth-order valence-electron chi connectivity index (χ4n) is 4.14. The summed E-state index contributed by atoms with van der Waals surface area (Å²) in [7, 11) is -2.59. The highest BCUT2D eigenvalue weighted by Crippen LogP contribution is 2.31. The first-order valence-corrected chi connectivity index (χ1v) is 14.2. The van der Waals surface area contributed by atoms with Gasteiger partial charge in [0.15, 0.2) is 0 Å². The Kier molecular flexibility index (Phi) is 9.75. The van der Waals surface area contributed by atoms with Crippen LogP contribution in [0.25, 0.3) is 0 Å². The number of nitrogens with zero attached hydrogens (tertiary/aromatic N) is 1. The average Bonchev–Trinajstić information content (AvgIpc) is 3.37. The molecule has 1 amide bonds. The van der Waals surface area contributed by atoms with E-state index in [-0.39, 0.29) is 12.5 Å². The average molecular weight is 510 g/mol. The van der Waals surface area contributed by atoms with E-state index in [9.17, 15) is 17.6 Å². The van der Waals surface area contributed by atoms with E-state index in [1.807, 2.05) is 30.5 Å². The predicted octanol–water partition coefficient (Wildman–Crippen LogP) is 3.19. The SMILES string of the molecule is COc1ccccc1[C@H](CNC(=O)[C@@H](CCSC)NS(=O)(=O)c1ccccc1F)N1CCCC1. The molecule has 1 fully saturated rings. The number of nitrogens with one attached hydrogen (secondary N) is 2. The zero-order valence-electron chi connectivity index (χ0n) is 19.5. The summed E-state index contributed by atoms with van der Waals surface area (Å²) < 4.78 is 47.7. The highest BCUT2D eigenvalue weighted by atomic mass is 32.2. The number of para-hydroxylation sites is 1. The molecule has 2 atom stereocenters. The van der Waals surface area contributed by atoms with E-state index >= 15 is 0 Å². The minimum atomic E-state index is -4.21. The van der Waals surface area contributed by atoms with E-state index in [4.69, 9.17) is 4.74 Å². The number of thioether (sulfide) groups is 1. The number of hydrogen-bond acceptors (Lipinski definition) is 6. The van der Waals surface area contributed by atoms with Gasteiger partial charge < -0.3 is 10.1 Å². The molecule has 1 aliphatic heterocycles. The van der Waals surface area contributed by atoms with Crippen LogP contribution in [0.2, 0.25) is 0 Å². The maximum absolute atomic E-state index is 14.1. The van der Waals surface area contributed by atoms with Crippen LogP contribution in [0.3, 0.4) is 0 Å². The van der Waals surface area contributed by atoms with Crippen molar-refractivity contribution in [2.75, 3.05) is 38.8 Å². The van der Waals surface area contributed by atoms with Crippen LogP contribution in [0.1, 0.15) is 30.9 Å². The summed E-state index contributed by atoms with van der Waals surface area (Å²) in [6, 6.07) is 11.7. The molecule has 2 aromatic rings. The number of amides is 1. The molecule has 1 heterocycles. The highest BCUT2D eigenvalue weighted by Gasteiger charge is 2.30. The summed E-state index contributed by atoms with van der Waals surface area (Å²) in [5.74, 6) is 0.0186. The van der Waals surface area contributed by atoms with Crippen molar-refractivity contribution >= 4 is 27.7 Å². The number of likely N-dealkylation sites (tertiary alicyclic amines) is 1. The number of hydrogen-bond donors (Lipinski definition) is 2. The van der Waals surface area contributed by atoms with Crippen LogP contribution in [-0.4, -0.2) is 64.0 Å². The van der Waals surface area contributed by atoms with Gasteiger partial charge in [0.25, 0.3) is 0 Å². The van der Waals surface area contributed by atoms with Gasteiger partial charge in [-0.2, -0.15) is 16.5 Å². The molecule has 1 saturated heterocycles. The molecular weight excluding hydrogens is 477 g/mol. The Balaban J connectivity index is 1.77. The Labute approximate surface area is 205 Å². The van der Waals surface area contributed by atoms with Gasteiger partial charge in [-0.15, -0.1) is 0 Å². The first-order chi connectivity index (χ1) is 16.4. The standard InChI is InChI=1S/C24H32FN3O4S2/c1-32-22-11-5-3-9-18(22)21(28-14-7-8-15-28)17-26-24(29)20(13-16-33-2)27-34(30,31)23-12-6-4-10-19(23)25/h3-6,9-12,20-21,27H,7-8,13-17H2,1-2H3,(H,26,29)/t20-,21+/m1/s1. The van der Waals surface area contributed by atoms with E-state index in [2.05, 4.69) is 14.9 Å². The molecule has 7 nitrogen and oxygen atoms in total. The normalized spacial score (nSPS) is 16.2. The zero-order valence-corrected chi connectivity index (χ0v) is 21.1. The van der Waals surface area contributed by atoms with Crippen molar-refractivity contribution in [2.45, 2.75) is 36.2 Å². The van der Waals surface area contributed by atoms with E-state index in [0.29, 0.717) is 12.3 Å². The third-order valence-electron chi connectivity index (χ3n) is 5.90. The third-order valence-corrected chi connectivity index (χ3v) is 8.05. The largest absolute Gasteiger partial charge is 0.496 e. The first kappa shape index (κ1) is 26.5. The number of rotatable bonds is 12. The Bertz CT molecular complexity index is 1060. The van der Waals surface area contributed by atoms with Crippen LogP contribution < -0.4 is 14.8 Å². The van der Waals surface area contributed by atoms with Gasteiger partial charge in [0, 0.05) is 12.1 Å². The minimum absolute atomic E-state index is 0.105. The molecule has 0 unspecified atom stereocenters. The van der Waals surface area contributed by atoms with Gasteiger partial charge in [-0.25, -0.2) is 12.8 Å². The lowest BCUT2D eigenvalue weighted by atomic mass is 10.0. The number of carbonyl (C=O) groups is 1. The van der Waals surface area contributed by atoms with Crippen molar-refractivity contribution in [1.82, 2.24) is 14.9 Å². The molecule has 1 aliphatic rings. The van der Waals surface area contributed by atoms with Crippen molar-refractivity contribution in [3.63, 3.8) is 0 Å². The molecule has 0 aliphatic carbocycles. The van der Waals surface area contributed by atoms with Crippen LogP contribution in [0.15, 0.2) is 53.4 Å². The topological polar surface area (TPSA) is 87.7 Å². The van der Waals surface area contributed by atoms with Gasteiger partial charge in [0.1, 0.15) is 22.5 Å². The van der Waals surface area contributed by atoms with Crippen molar-refractivity contribution < 1.29 is 22.3 Å². The van der Waals surface area contributed by atoms with E-state index < -0.39 is 32.7 Å². The minimum Gasteiger partial charge on any atom is -0.496 e. The van der Waals surface area contributed by atoms with E-state index in [1.54, 1.807) is 7.11 Å². The number of ether oxygens (including phenoxy) is 1. The third kappa shape index (κ3) is 6.71. The van der Waals surface area contributed by atoms with E-state index in [0.717, 1.165) is 43.3 Å². The van der Waals surface area contributed by atoms with Crippen molar-refractivity contribution in [2.24, 2.45) is 0 Å². The molecule has 2 N–H and O–H groups in total. The van der Waals surface area contributed by atoms with Gasteiger partial charge in [0.05, 0.1) is 13.2 Å². The smallest absolute Gasteiger partial charge is 0.244 e. The lowest BCUT2D eigenvalue weighted by Crippen LogP contribution is -2.49. The second kappa shape index (κ2) is 12.5. The number of carbonyl (C=O) groups excluding carboxylic acids is 1. The zero-order chi connectivity index (χ0) is 24.6. The Hall–Kier alpha value is -2.14. The second-order valence-corrected chi connectivity index (χ2v) is 10.8. The lowest BCUT2D eigenvalue weighted by Gasteiger charge is -2.30. The number of benzene rings is 2. The Morgan fingerprint density at radius 1 is 1.15 bits per heavy atom. The fourth-order valence-corrected chi connectivity index (χ4v) is 5.92. The molecule has 0 aromatic heterocycles. The quantitative estimate of drug-likeness (QED) is 0.457. The van der Waals surface area contributed by atoms with Gasteiger partial charge in [-0.05, 0) is 62.6 Å². The van der Waals surface area contributed by atoms with Crippen LogP contribution in [0.4, 0.5) is 4.39 Å². The summed E-state index contributed by atoms with van der Waals surface area (Å²) in [5.41, 5.74) is 0.972. The second-order valence-electron chi connectivity index (χ2n) is 8.13. The fraction of sp³-hybridized carbons (Fsp3) is 0.458. The van der Waals surface area contributed by atoms with Crippen molar-refractivity contribution in [1.29, 1.82) is 0 Å². The molecular formula is C24H32FN3O4S2. The molecule has 2 aromatic carbocycles. The maximum Gasteiger partial charge on any atom is 0.244 e. The summed E-state index contributed by atoms with van der Waals surface area (Å²) in [5, 5.41) is 2.94. The number of sulfonamides is 1.